The molecule has 1 aromatic rings. The minimum Gasteiger partial charge on any atom is -0.381 e. The summed E-state index contributed by atoms with van der Waals surface area (Å²) in [5.41, 5.74) is 0.101. The zero-order chi connectivity index (χ0) is 22.3. The normalized spacial score (nSPS) is 22.4. The Labute approximate surface area is 179 Å². The Hall–Kier alpha value is -3.07. The summed E-state index contributed by atoms with van der Waals surface area (Å²) in [6, 6.07) is 3.52. The van der Waals surface area contributed by atoms with Gasteiger partial charge in [-0.2, -0.15) is 0 Å². The molecule has 0 radical (unpaired) electrons. The number of rotatable bonds is 4. The molecule has 31 heavy (non-hydrogen) atoms. The van der Waals surface area contributed by atoms with Gasteiger partial charge in [0.1, 0.15) is 6.04 Å². The summed E-state index contributed by atoms with van der Waals surface area (Å²) in [6.45, 7) is 5.05. The van der Waals surface area contributed by atoms with E-state index in [-0.39, 0.29) is 35.8 Å². The molecule has 0 bridgehead atoms. The van der Waals surface area contributed by atoms with Crippen molar-refractivity contribution in [1.29, 1.82) is 0 Å². The summed E-state index contributed by atoms with van der Waals surface area (Å²) in [7, 11) is 0. The number of benzene rings is 1. The minimum atomic E-state index is -1.02. The van der Waals surface area contributed by atoms with E-state index in [0.717, 1.165) is 17.7 Å². The number of nitrogens with zero attached hydrogens (tertiary/aromatic N) is 1. The predicted molar refractivity (Wildman–Crippen MR) is 109 cm³/mol. The van der Waals surface area contributed by atoms with Crippen molar-refractivity contribution in [2.75, 3.05) is 18.5 Å². The van der Waals surface area contributed by atoms with Crippen LogP contribution in [0.5, 0.6) is 0 Å². The summed E-state index contributed by atoms with van der Waals surface area (Å²) in [6.07, 6.45) is 1.77. The average Bonchev–Trinajstić information content (AvgIpc) is 2.99. The van der Waals surface area contributed by atoms with Crippen LogP contribution in [0.25, 0.3) is 0 Å². The first-order chi connectivity index (χ1) is 14.7. The maximum absolute atomic E-state index is 13.0. The van der Waals surface area contributed by atoms with E-state index in [1.807, 2.05) is 13.8 Å². The van der Waals surface area contributed by atoms with Crippen LogP contribution in [0, 0.1) is 11.3 Å². The maximum atomic E-state index is 13.0. The molecule has 5 amide bonds. The summed E-state index contributed by atoms with van der Waals surface area (Å²) in [5.74, 6) is -2.24. The van der Waals surface area contributed by atoms with Crippen molar-refractivity contribution < 1.29 is 28.7 Å². The molecule has 4 rings (SSSR count). The van der Waals surface area contributed by atoms with Crippen molar-refractivity contribution in [1.82, 2.24) is 10.2 Å². The molecule has 2 saturated heterocycles. The molecule has 3 heterocycles. The number of carbonyl (C=O) groups excluding carboxylic acids is 5. The monoisotopic (exact) mass is 427 g/mol. The van der Waals surface area contributed by atoms with Gasteiger partial charge < -0.3 is 10.1 Å². The fraction of sp³-hybridized carbons (Fsp3) is 0.500. The van der Waals surface area contributed by atoms with Crippen LogP contribution in [-0.2, 0) is 19.1 Å². The molecule has 0 aliphatic carbocycles. The summed E-state index contributed by atoms with van der Waals surface area (Å²) in [4.78, 5) is 63.1. The van der Waals surface area contributed by atoms with E-state index in [0.29, 0.717) is 18.9 Å². The largest absolute Gasteiger partial charge is 0.381 e. The third-order valence-electron chi connectivity index (χ3n) is 6.52. The lowest BCUT2D eigenvalue weighted by atomic mass is 9.74. The number of piperidine rings is 1. The van der Waals surface area contributed by atoms with Crippen molar-refractivity contribution in [2.24, 2.45) is 11.3 Å². The van der Waals surface area contributed by atoms with E-state index in [1.165, 1.54) is 12.1 Å². The molecule has 1 atom stereocenters. The van der Waals surface area contributed by atoms with Crippen LogP contribution in [0.15, 0.2) is 18.2 Å². The van der Waals surface area contributed by atoms with Crippen LogP contribution < -0.4 is 10.6 Å². The van der Waals surface area contributed by atoms with Crippen molar-refractivity contribution in [3.63, 3.8) is 0 Å². The molecule has 0 spiro atoms. The smallest absolute Gasteiger partial charge is 0.262 e. The minimum absolute atomic E-state index is 0.0619. The molecular formula is C22H25N3O6. The van der Waals surface area contributed by atoms with Gasteiger partial charge in [0.2, 0.25) is 17.7 Å². The van der Waals surface area contributed by atoms with Gasteiger partial charge >= 0.3 is 0 Å². The van der Waals surface area contributed by atoms with Gasteiger partial charge in [0.05, 0.1) is 11.1 Å². The van der Waals surface area contributed by atoms with Gasteiger partial charge in [-0.3, -0.25) is 34.2 Å². The lowest BCUT2D eigenvalue weighted by Crippen LogP contribution is -2.54. The van der Waals surface area contributed by atoms with E-state index in [2.05, 4.69) is 10.6 Å². The first-order valence-corrected chi connectivity index (χ1v) is 10.4. The van der Waals surface area contributed by atoms with Crippen LogP contribution in [-0.4, -0.2) is 53.7 Å². The third-order valence-corrected chi connectivity index (χ3v) is 6.52. The number of anilines is 1. The Kier molecular flexibility index (Phi) is 5.38. The van der Waals surface area contributed by atoms with E-state index < -0.39 is 35.1 Å². The number of ether oxygens (including phenoxy) is 1. The average molecular weight is 427 g/mol. The highest BCUT2D eigenvalue weighted by Crippen LogP contribution is 2.36. The zero-order valence-electron chi connectivity index (χ0n) is 17.5. The topological polar surface area (TPSA) is 122 Å². The molecule has 2 fully saturated rings. The highest BCUT2D eigenvalue weighted by Gasteiger charge is 2.45. The maximum Gasteiger partial charge on any atom is 0.262 e. The SMILES string of the molecule is CC(C)(C(=O)Nc1ccc2c(c1)C(=O)N(C1CCC(=O)NC1=O)C2=O)C1CCOCC1. The molecule has 2 N–H and O–H groups in total. The van der Waals surface area contributed by atoms with Gasteiger partial charge in [0, 0.05) is 30.7 Å². The molecule has 9 heteroatoms. The van der Waals surface area contributed by atoms with Gasteiger partial charge in [-0.05, 0) is 43.4 Å². The summed E-state index contributed by atoms with van der Waals surface area (Å²) >= 11 is 0. The van der Waals surface area contributed by atoms with Gasteiger partial charge in [0.15, 0.2) is 0 Å². The first kappa shape index (κ1) is 21.2. The lowest BCUT2D eigenvalue weighted by molar-refractivity contribution is -0.136. The van der Waals surface area contributed by atoms with Crippen LogP contribution >= 0.6 is 0 Å². The van der Waals surface area contributed by atoms with E-state index in [4.69, 9.17) is 4.74 Å². The number of imide groups is 2. The third kappa shape index (κ3) is 3.74. The van der Waals surface area contributed by atoms with Crippen molar-refractivity contribution >= 4 is 35.2 Å². The Morgan fingerprint density at radius 3 is 2.42 bits per heavy atom. The number of fused-ring (bicyclic) bond motifs is 1. The second-order valence-electron chi connectivity index (χ2n) is 8.77. The second kappa shape index (κ2) is 7.88. The molecular weight excluding hydrogens is 402 g/mol. The predicted octanol–water partition coefficient (Wildman–Crippen LogP) is 1.48. The summed E-state index contributed by atoms with van der Waals surface area (Å²) in [5, 5.41) is 5.04. The van der Waals surface area contributed by atoms with E-state index >= 15 is 0 Å². The van der Waals surface area contributed by atoms with Crippen LogP contribution in [0.3, 0.4) is 0 Å². The van der Waals surface area contributed by atoms with Crippen molar-refractivity contribution in [2.45, 2.75) is 45.6 Å². The van der Waals surface area contributed by atoms with Crippen molar-refractivity contribution in [3.8, 4) is 0 Å². The van der Waals surface area contributed by atoms with Gasteiger partial charge in [-0.1, -0.05) is 13.8 Å². The highest BCUT2D eigenvalue weighted by atomic mass is 16.5. The molecule has 3 aliphatic rings. The molecule has 1 unspecified atom stereocenters. The second-order valence-corrected chi connectivity index (χ2v) is 8.77. The number of carbonyl (C=O) groups is 5. The molecule has 9 nitrogen and oxygen atoms in total. The van der Waals surface area contributed by atoms with Crippen LogP contribution in [0.1, 0.15) is 60.2 Å². The molecule has 1 aromatic carbocycles. The number of nitrogens with one attached hydrogen (secondary N) is 2. The lowest BCUT2D eigenvalue weighted by Gasteiger charge is -2.35. The fourth-order valence-corrected chi connectivity index (χ4v) is 4.45. The molecule has 164 valence electrons. The van der Waals surface area contributed by atoms with Crippen LogP contribution in [0.2, 0.25) is 0 Å². The molecule has 0 aromatic heterocycles. The first-order valence-electron chi connectivity index (χ1n) is 10.4. The van der Waals surface area contributed by atoms with E-state index in [9.17, 15) is 24.0 Å². The molecule has 3 aliphatic heterocycles. The summed E-state index contributed by atoms with van der Waals surface area (Å²) < 4.78 is 5.39. The Bertz CT molecular complexity index is 979. The zero-order valence-corrected chi connectivity index (χ0v) is 17.5. The molecule has 0 saturated carbocycles. The van der Waals surface area contributed by atoms with E-state index in [1.54, 1.807) is 6.07 Å². The fourth-order valence-electron chi connectivity index (χ4n) is 4.45. The standard InChI is InChI=1S/C22H25N3O6/c1-22(2,12-7-9-31-10-8-12)21(30)23-13-3-4-14-15(11-13)20(29)25(19(14)28)16-5-6-17(26)24-18(16)27/h3-4,11-12,16H,5-10H2,1-2H3,(H,23,30)(H,24,26,27). The Morgan fingerprint density at radius 2 is 1.74 bits per heavy atom. The van der Waals surface area contributed by atoms with Gasteiger partial charge in [0.25, 0.3) is 11.8 Å². The van der Waals surface area contributed by atoms with Crippen molar-refractivity contribution in [3.05, 3.63) is 29.3 Å². The van der Waals surface area contributed by atoms with Crippen LogP contribution in [0.4, 0.5) is 5.69 Å². The quantitative estimate of drug-likeness (QED) is 0.702. The van der Waals surface area contributed by atoms with Gasteiger partial charge in [-0.15, -0.1) is 0 Å². The number of amides is 5. The highest BCUT2D eigenvalue weighted by molar-refractivity contribution is 6.24. The Balaban J connectivity index is 1.52. The van der Waals surface area contributed by atoms with Gasteiger partial charge in [-0.25, -0.2) is 0 Å². The number of hydrogen-bond acceptors (Lipinski definition) is 6. The number of hydrogen-bond donors (Lipinski definition) is 2. The Morgan fingerprint density at radius 1 is 1.06 bits per heavy atom.